The molecule has 1 amide bonds. The van der Waals surface area contributed by atoms with Crippen molar-refractivity contribution in [2.45, 2.75) is 26.2 Å². The number of likely N-dealkylation sites (N-methyl/N-ethyl adjacent to an activating group) is 1. The van der Waals surface area contributed by atoms with Crippen molar-refractivity contribution in [1.29, 1.82) is 0 Å². The van der Waals surface area contributed by atoms with Gasteiger partial charge in [-0.25, -0.2) is 4.39 Å². The van der Waals surface area contributed by atoms with E-state index in [9.17, 15) is 9.18 Å². The summed E-state index contributed by atoms with van der Waals surface area (Å²) >= 11 is 0. The average molecular weight is 317 g/mol. The molecular formula is C18H20FNO3. The van der Waals surface area contributed by atoms with E-state index in [1.807, 2.05) is 0 Å². The van der Waals surface area contributed by atoms with E-state index in [1.165, 1.54) is 17.0 Å². The number of nitrogens with zero attached hydrogens (tertiary/aromatic N) is 1. The molecule has 0 aliphatic heterocycles. The quantitative estimate of drug-likeness (QED) is 0.891. The van der Waals surface area contributed by atoms with Gasteiger partial charge < -0.3 is 14.7 Å². The fourth-order valence-electron chi connectivity index (χ4n) is 2.22. The van der Waals surface area contributed by atoms with Crippen LogP contribution in [0.25, 0.3) is 0 Å². The first-order valence-corrected chi connectivity index (χ1v) is 7.35. The van der Waals surface area contributed by atoms with E-state index in [-0.39, 0.29) is 18.3 Å². The first kappa shape index (κ1) is 17.0. The molecule has 0 spiro atoms. The van der Waals surface area contributed by atoms with E-state index < -0.39 is 6.10 Å². The van der Waals surface area contributed by atoms with Crippen LogP contribution >= 0.6 is 0 Å². The molecule has 4 nitrogen and oxygen atoms in total. The lowest BCUT2D eigenvalue weighted by atomic mass is 10.2. The zero-order valence-electron chi connectivity index (χ0n) is 13.2. The highest BCUT2D eigenvalue weighted by atomic mass is 19.1. The summed E-state index contributed by atoms with van der Waals surface area (Å²) in [6.45, 7) is 1.97. The molecular weight excluding hydrogens is 297 g/mol. The normalized spacial score (nSPS) is 11.8. The van der Waals surface area contributed by atoms with Gasteiger partial charge in [0.2, 0.25) is 0 Å². The van der Waals surface area contributed by atoms with Crippen molar-refractivity contribution in [2.75, 3.05) is 7.05 Å². The topological polar surface area (TPSA) is 49.8 Å². The molecule has 0 fully saturated rings. The summed E-state index contributed by atoms with van der Waals surface area (Å²) in [5.74, 6) is 0.0551. The summed E-state index contributed by atoms with van der Waals surface area (Å²) in [5.41, 5.74) is 1.57. The van der Waals surface area contributed by atoms with Crippen LogP contribution in [0.1, 0.15) is 18.1 Å². The van der Waals surface area contributed by atoms with Gasteiger partial charge in [-0.15, -0.1) is 0 Å². The van der Waals surface area contributed by atoms with Gasteiger partial charge in [0.15, 0.2) is 6.10 Å². The molecule has 5 heteroatoms. The molecule has 1 atom stereocenters. The molecule has 0 saturated heterocycles. The second-order valence-corrected chi connectivity index (χ2v) is 5.39. The zero-order valence-corrected chi connectivity index (χ0v) is 13.2. The predicted octanol–water partition coefficient (Wildman–Crippen LogP) is 2.74. The van der Waals surface area contributed by atoms with Crippen molar-refractivity contribution >= 4 is 5.91 Å². The number of aliphatic hydroxyl groups is 1. The number of benzene rings is 2. The minimum atomic E-state index is -0.658. The molecule has 1 N–H and O–H groups in total. The summed E-state index contributed by atoms with van der Waals surface area (Å²) in [4.78, 5) is 13.9. The van der Waals surface area contributed by atoms with Crippen molar-refractivity contribution < 1.29 is 19.0 Å². The fourth-order valence-corrected chi connectivity index (χ4v) is 2.22. The summed E-state index contributed by atoms with van der Waals surface area (Å²) in [5, 5.41) is 9.12. The lowest BCUT2D eigenvalue weighted by molar-refractivity contribution is -0.137. The SMILES string of the molecule is CC(Oc1cccc(CO)c1)C(=O)N(C)Cc1ccc(F)cc1. The number of hydrogen-bond donors (Lipinski definition) is 1. The number of carbonyl (C=O) groups is 1. The monoisotopic (exact) mass is 317 g/mol. The number of halogens is 1. The van der Waals surface area contributed by atoms with Crippen molar-refractivity contribution in [3.63, 3.8) is 0 Å². The third-order valence-corrected chi connectivity index (χ3v) is 3.45. The van der Waals surface area contributed by atoms with Gasteiger partial charge in [-0.05, 0) is 42.3 Å². The Bertz CT molecular complexity index is 658. The molecule has 23 heavy (non-hydrogen) atoms. The van der Waals surface area contributed by atoms with Crippen LogP contribution in [0.15, 0.2) is 48.5 Å². The Morgan fingerprint density at radius 1 is 1.22 bits per heavy atom. The molecule has 0 aromatic heterocycles. The van der Waals surface area contributed by atoms with Gasteiger partial charge in [-0.2, -0.15) is 0 Å². The fraction of sp³-hybridized carbons (Fsp3) is 0.278. The largest absolute Gasteiger partial charge is 0.481 e. The van der Waals surface area contributed by atoms with Crippen molar-refractivity contribution in [1.82, 2.24) is 4.90 Å². The summed E-state index contributed by atoms with van der Waals surface area (Å²) in [6, 6.07) is 13.0. The molecule has 0 aliphatic carbocycles. The molecule has 2 rings (SSSR count). The van der Waals surface area contributed by atoms with E-state index in [4.69, 9.17) is 9.84 Å². The maximum Gasteiger partial charge on any atom is 0.263 e. The second kappa shape index (κ2) is 7.74. The predicted molar refractivity (Wildman–Crippen MR) is 85.3 cm³/mol. The van der Waals surface area contributed by atoms with Gasteiger partial charge in [0.05, 0.1) is 6.61 Å². The molecule has 2 aromatic rings. The number of ether oxygens (including phenoxy) is 1. The van der Waals surface area contributed by atoms with Gasteiger partial charge >= 0.3 is 0 Å². The molecule has 0 aliphatic rings. The molecule has 0 bridgehead atoms. The van der Waals surface area contributed by atoms with Crippen LogP contribution in [0.4, 0.5) is 4.39 Å². The van der Waals surface area contributed by atoms with Gasteiger partial charge in [-0.3, -0.25) is 4.79 Å². The number of aliphatic hydroxyl groups excluding tert-OH is 1. The standard InChI is InChI=1S/C18H20FNO3/c1-13(23-17-5-3-4-15(10-17)12-21)18(22)20(2)11-14-6-8-16(19)9-7-14/h3-10,13,21H,11-12H2,1-2H3. The van der Waals surface area contributed by atoms with Crippen LogP contribution in [0.3, 0.4) is 0 Å². The summed E-state index contributed by atoms with van der Waals surface area (Å²) < 4.78 is 18.5. The Morgan fingerprint density at radius 3 is 2.57 bits per heavy atom. The van der Waals surface area contributed by atoms with Crippen LogP contribution in [0.2, 0.25) is 0 Å². The number of hydrogen-bond acceptors (Lipinski definition) is 3. The van der Waals surface area contributed by atoms with Crippen LogP contribution in [0, 0.1) is 5.82 Å². The van der Waals surface area contributed by atoms with Crippen LogP contribution in [0.5, 0.6) is 5.75 Å². The third kappa shape index (κ3) is 4.79. The Kier molecular flexibility index (Phi) is 5.71. The Labute approximate surface area is 135 Å². The van der Waals surface area contributed by atoms with Gasteiger partial charge in [0.25, 0.3) is 5.91 Å². The van der Waals surface area contributed by atoms with E-state index in [0.29, 0.717) is 12.3 Å². The number of amides is 1. The zero-order chi connectivity index (χ0) is 16.8. The molecule has 2 aromatic carbocycles. The van der Waals surface area contributed by atoms with Gasteiger partial charge in [0.1, 0.15) is 11.6 Å². The summed E-state index contributed by atoms with van der Waals surface area (Å²) in [6.07, 6.45) is -0.658. The summed E-state index contributed by atoms with van der Waals surface area (Å²) in [7, 11) is 1.68. The average Bonchev–Trinajstić information content (AvgIpc) is 2.56. The maximum atomic E-state index is 12.9. The van der Waals surface area contributed by atoms with Crippen LogP contribution < -0.4 is 4.74 Å². The smallest absolute Gasteiger partial charge is 0.263 e. The Balaban J connectivity index is 1.96. The minimum absolute atomic E-state index is 0.0794. The number of rotatable bonds is 6. The van der Waals surface area contributed by atoms with Gasteiger partial charge in [-0.1, -0.05) is 24.3 Å². The van der Waals surface area contributed by atoms with E-state index >= 15 is 0 Å². The molecule has 0 radical (unpaired) electrons. The maximum absolute atomic E-state index is 12.9. The first-order chi connectivity index (χ1) is 11.0. The third-order valence-electron chi connectivity index (χ3n) is 3.45. The van der Waals surface area contributed by atoms with Crippen molar-refractivity contribution in [3.05, 3.63) is 65.5 Å². The number of carbonyl (C=O) groups excluding carboxylic acids is 1. The lowest BCUT2D eigenvalue weighted by Gasteiger charge is -2.22. The molecule has 0 heterocycles. The second-order valence-electron chi connectivity index (χ2n) is 5.39. The lowest BCUT2D eigenvalue weighted by Crippen LogP contribution is -2.37. The minimum Gasteiger partial charge on any atom is -0.481 e. The Morgan fingerprint density at radius 2 is 1.91 bits per heavy atom. The van der Waals surface area contributed by atoms with E-state index in [1.54, 1.807) is 50.4 Å². The first-order valence-electron chi connectivity index (χ1n) is 7.35. The molecule has 122 valence electrons. The van der Waals surface area contributed by atoms with Crippen molar-refractivity contribution in [3.8, 4) is 5.75 Å². The molecule has 1 unspecified atom stereocenters. The van der Waals surface area contributed by atoms with E-state index in [0.717, 1.165) is 11.1 Å². The Hall–Kier alpha value is -2.40. The van der Waals surface area contributed by atoms with E-state index in [2.05, 4.69) is 0 Å². The van der Waals surface area contributed by atoms with Crippen LogP contribution in [-0.4, -0.2) is 29.1 Å². The highest BCUT2D eigenvalue weighted by Gasteiger charge is 2.19. The van der Waals surface area contributed by atoms with Crippen molar-refractivity contribution in [2.24, 2.45) is 0 Å². The van der Waals surface area contributed by atoms with Gasteiger partial charge in [0, 0.05) is 13.6 Å². The highest BCUT2D eigenvalue weighted by molar-refractivity contribution is 5.80. The van der Waals surface area contributed by atoms with Crippen LogP contribution in [-0.2, 0) is 17.9 Å². The molecule has 0 saturated carbocycles. The highest BCUT2D eigenvalue weighted by Crippen LogP contribution is 2.16.